The Labute approximate surface area is 42.8 Å². The lowest BCUT2D eigenvalue weighted by molar-refractivity contribution is -0.177. The van der Waals surface area contributed by atoms with Crippen LogP contribution < -0.4 is 4.89 Å². The Morgan fingerprint density at radius 1 is 1.71 bits per heavy atom. The first kappa shape index (κ1) is 7.02. The van der Waals surface area contributed by atoms with Crippen molar-refractivity contribution >= 4 is 8.03 Å². The largest absolute Gasteiger partial charge is 0.593 e. The van der Waals surface area contributed by atoms with E-state index in [9.17, 15) is 9.46 Å². The van der Waals surface area contributed by atoms with Crippen LogP contribution in [0.3, 0.4) is 0 Å². The Morgan fingerprint density at radius 2 is 1.86 bits per heavy atom. The molecule has 0 aromatic rings. The summed E-state index contributed by atoms with van der Waals surface area (Å²) in [6.45, 7) is 2.44. The van der Waals surface area contributed by atoms with Gasteiger partial charge >= 0.3 is 8.03 Å². The fraction of sp³-hybridized carbons (Fsp3) is 1.00. The van der Waals surface area contributed by atoms with Gasteiger partial charge in [-0.3, -0.25) is 0 Å². The number of hydrogen-bond donors (Lipinski definition) is 1. The molecule has 0 aliphatic rings. The molecule has 0 heterocycles. The standard InChI is InChI=1S/C3H7O3P/c1-3(2,4)7(5)6/h4H,1-2H3. The predicted molar refractivity (Wildman–Crippen MR) is 23.9 cm³/mol. The highest BCUT2D eigenvalue weighted by atomic mass is 31.1. The van der Waals surface area contributed by atoms with E-state index < -0.39 is 13.4 Å². The summed E-state index contributed by atoms with van der Waals surface area (Å²) >= 11 is 0. The highest BCUT2D eigenvalue weighted by Gasteiger charge is 2.26. The summed E-state index contributed by atoms with van der Waals surface area (Å²) in [6.07, 6.45) is 0. The van der Waals surface area contributed by atoms with Gasteiger partial charge in [0.25, 0.3) is 5.34 Å². The van der Waals surface area contributed by atoms with Gasteiger partial charge in [-0.25, -0.2) is 0 Å². The lowest BCUT2D eigenvalue weighted by atomic mass is 10.5. The van der Waals surface area contributed by atoms with Crippen LogP contribution >= 0.6 is 8.03 Å². The van der Waals surface area contributed by atoms with Crippen LogP contribution in [0.15, 0.2) is 0 Å². The molecule has 0 spiro atoms. The topological polar surface area (TPSA) is 60.4 Å². The van der Waals surface area contributed by atoms with Gasteiger partial charge in [-0.05, 0) is 0 Å². The molecule has 0 bridgehead atoms. The molecule has 0 radical (unpaired) electrons. The minimum atomic E-state index is -2.69. The second-order valence-corrected chi connectivity index (χ2v) is 3.36. The van der Waals surface area contributed by atoms with E-state index in [1.165, 1.54) is 13.8 Å². The maximum Gasteiger partial charge on any atom is 0.343 e. The molecule has 0 saturated heterocycles. The second-order valence-electron chi connectivity index (χ2n) is 1.75. The van der Waals surface area contributed by atoms with Crippen molar-refractivity contribution < 1.29 is 14.6 Å². The van der Waals surface area contributed by atoms with E-state index in [0.717, 1.165) is 0 Å². The zero-order chi connectivity index (χ0) is 6.08. The second kappa shape index (κ2) is 1.86. The molecule has 3 nitrogen and oxygen atoms in total. The molecule has 0 rings (SSSR count). The van der Waals surface area contributed by atoms with Crippen LogP contribution in [0, 0.1) is 0 Å². The van der Waals surface area contributed by atoms with Gasteiger partial charge in [0.1, 0.15) is 0 Å². The van der Waals surface area contributed by atoms with E-state index in [-0.39, 0.29) is 0 Å². The summed E-state index contributed by atoms with van der Waals surface area (Å²) in [5.41, 5.74) is 0. The van der Waals surface area contributed by atoms with E-state index in [1.807, 2.05) is 0 Å². The van der Waals surface area contributed by atoms with E-state index in [1.54, 1.807) is 0 Å². The molecule has 42 valence electrons. The quantitative estimate of drug-likeness (QED) is 0.490. The smallest absolute Gasteiger partial charge is 0.343 e. The van der Waals surface area contributed by atoms with Crippen LogP contribution in [-0.2, 0) is 4.57 Å². The molecule has 1 N–H and O–H groups in total. The lowest BCUT2D eigenvalue weighted by Crippen LogP contribution is -2.17. The summed E-state index contributed by atoms with van der Waals surface area (Å²) in [5.74, 6) is 0. The van der Waals surface area contributed by atoms with Gasteiger partial charge in [0.05, 0.1) is 0 Å². The predicted octanol–water partition coefficient (Wildman–Crippen LogP) is -0.183. The van der Waals surface area contributed by atoms with Gasteiger partial charge in [0.2, 0.25) is 0 Å². The minimum Gasteiger partial charge on any atom is -0.593 e. The van der Waals surface area contributed by atoms with Gasteiger partial charge < -0.3 is 10.00 Å². The Hall–Kier alpha value is 0.0200. The van der Waals surface area contributed by atoms with Crippen molar-refractivity contribution in [1.29, 1.82) is 0 Å². The third kappa shape index (κ3) is 2.68. The summed E-state index contributed by atoms with van der Waals surface area (Å²) < 4.78 is 9.81. The van der Waals surface area contributed by atoms with Gasteiger partial charge in [0.15, 0.2) is 0 Å². The van der Waals surface area contributed by atoms with Crippen molar-refractivity contribution in [3.63, 3.8) is 0 Å². The lowest BCUT2D eigenvalue weighted by Gasteiger charge is -2.03. The molecule has 0 aromatic carbocycles. The Kier molecular flexibility index (Phi) is 1.87. The van der Waals surface area contributed by atoms with Crippen LogP contribution in [0.1, 0.15) is 13.8 Å². The third-order valence-corrected chi connectivity index (χ3v) is 1.34. The molecule has 0 aliphatic carbocycles. The normalized spacial score (nSPS) is 14.0. The molecular weight excluding hydrogens is 115 g/mol. The highest BCUT2D eigenvalue weighted by Crippen LogP contribution is 2.26. The maximum atomic E-state index is 9.81. The van der Waals surface area contributed by atoms with Crippen molar-refractivity contribution in [2.24, 2.45) is 0 Å². The molecular formula is C3H7O3P. The fourth-order valence-corrected chi connectivity index (χ4v) is 0. The SMILES string of the molecule is CC(C)(O)[P+](=O)[O-]. The van der Waals surface area contributed by atoms with Crippen LogP contribution in [0.2, 0.25) is 0 Å². The number of rotatable bonds is 1. The van der Waals surface area contributed by atoms with Crippen molar-refractivity contribution in [2.45, 2.75) is 19.2 Å². The zero-order valence-corrected chi connectivity index (χ0v) is 5.11. The fourth-order valence-electron chi connectivity index (χ4n) is 0. The molecule has 1 atom stereocenters. The van der Waals surface area contributed by atoms with Gasteiger partial charge in [-0.1, -0.05) is 4.57 Å². The summed E-state index contributed by atoms with van der Waals surface area (Å²) in [5, 5.41) is 6.95. The van der Waals surface area contributed by atoms with Gasteiger partial charge in [-0.15, -0.1) is 0 Å². The Bertz CT molecular complexity index is 82.7. The van der Waals surface area contributed by atoms with E-state index in [4.69, 9.17) is 5.11 Å². The molecule has 0 aliphatic heterocycles. The number of aliphatic hydroxyl groups is 1. The van der Waals surface area contributed by atoms with Crippen molar-refractivity contribution in [1.82, 2.24) is 0 Å². The van der Waals surface area contributed by atoms with E-state index in [2.05, 4.69) is 0 Å². The Morgan fingerprint density at radius 3 is 1.86 bits per heavy atom. The third-order valence-electron chi connectivity index (χ3n) is 0.447. The van der Waals surface area contributed by atoms with Crippen LogP contribution in [0.25, 0.3) is 0 Å². The molecule has 0 aromatic heterocycles. The summed E-state index contributed by atoms with van der Waals surface area (Å²) in [4.78, 5) is 9.81. The minimum absolute atomic E-state index is 1.22. The van der Waals surface area contributed by atoms with E-state index in [0.29, 0.717) is 0 Å². The first-order valence-electron chi connectivity index (χ1n) is 1.81. The molecule has 1 unspecified atom stereocenters. The molecule has 7 heavy (non-hydrogen) atoms. The average Bonchev–Trinajstić information content (AvgIpc) is 1.31. The van der Waals surface area contributed by atoms with Crippen LogP contribution in [-0.4, -0.2) is 10.4 Å². The average molecular weight is 122 g/mol. The van der Waals surface area contributed by atoms with Crippen molar-refractivity contribution in [3.8, 4) is 0 Å². The summed E-state index contributed by atoms with van der Waals surface area (Å²) in [6, 6.07) is 0. The van der Waals surface area contributed by atoms with Crippen molar-refractivity contribution in [3.05, 3.63) is 0 Å². The maximum absolute atomic E-state index is 9.81. The molecule has 4 heteroatoms. The van der Waals surface area contributed by atoms with Crippen LogP contribution in [0.4, 0.5) is 0 Å². The molecule has 0 amide bonds. The van der Waals surface area contributed by atoms with E-state index >= 15 is 0 Å². The monoisotopic (exact) mass is 122 g/mol. The first-order chi connectivity index (χ1) is 2.94. The van der Waals surface area contributed by atoms with Gasteiger partial charge in [0, 0.05) is 13.8 Å². The van der Waals surface area contributed by atoms with Crippen LogP contribution in [0.5, 0.6) is 0 Å². The van der Waals surface area contributed by atoms with Gasteiger partial charge in [-0.2, -0.15) is 0 Å². The Balaban J connectivity index is 3.79. The highest BCUT2D eigenvalue weighted by molar-refractivity contribution is 7.38. The zero-order valence-electron chi connectivity index (χ0n) is 4.21. The summed E-state index contributed by atoms with van der Waals surface area (Å²) in [7, 11) is -2.69. The molecule has 0 fully saturated rings. The molecule has 0 saturated carbocycles. The van der Waals surface area contributed by atoms with Crippen molar-refractivity contribution in [2.75, 3.05) is 0 Å². The first-order valence-corrected chi connectivity index (χ1v) is 2.99. The number of hydrogen-bond acceptors (Lipinski definition) is 3.